The molecule has 0 saturated heterocycles. The quantitative estimate of drug-likeness (QED) is 0.675. The second-order valence-corrected chi connectivity index (χ2v) is 6.24. The summed E-state index contributed by atoms with van der Waals surface area (Å²) in [4.78, 5) is 11.9. The van der Waals surface area contributed by atoms with Gasteiger partial charge in [0.25, 0.3) is 0 Å². The molecule has 2 heteroatoms. The monoisotopic (exact) mass is 302 g/mol. The molecular formula is C20H30O2. The van der Waals surface area contributed by atoms with Crippen LogP contribution in [0.4, 0.5) is 0 Å². The van der Waals surface area contributed by atoms with Crippen molar-refractivity contribution in [2.45, 2.75) is 60.8 Å². The topological polar surface area (TPSA) is 26.3 Å². The second-order valence-electron chi connectivity index (χ2n) is 6.24. The van der Waals surface area contributed by atoms with Crippen LogP contribution in [0.15, 0.2) is 6.58 Å². The number of hydrogen-bond donors (Lipinski definition) is 0. The zero-order valence-corrected chi connectivity index (χ0v) is 15.0. The lowest BCUT2D eigenvalue weighted by molar-refractivity contribution is -0.142. The van der Waals surface area contributed by atoms with Crippen LogP contribution in [0, 0.1) is 19.8 Å². The lowest BCUT2D eigenvalue weighted by Crippen LogP contribution is -2.14. The Morgan fingerprint density at radius 3 is 2.23 bits per heavy atom. The molecule has 0 unspecified atom stereocenters. The van der Waals surface area contributed by atoms with Gasteiger partial charge in [-0.25, -0.2) is 0 Å². The number of benzene rings is 1. The summed E-state index contributed by atoms with van der Waals surface area (Å²) in [5, 5.41) is 0. The van der Waals surface area contributed by atoms with Gasteiger partial charge in [-0.2, -0.15) is 0 Å². The fraction of sp³-hybridized carbons (Fsp3) is 0.550. The highest BCUT2D eigenvalue weighted by Gasteiger charge is 2.19. The summed E-state index contributed by atoms with van der Waals surface area (Å²) >= 11 is 0. The Balaban J connectivity index is 3.48. The van der Waals surface area contributed by atoms with Crippen LogP contribution in [-0.4, -0.2) is 12.6 Å². The highest BCUT2D eigenvalue weighted by molar-refractivity contribution is 5.77. The third-order valence-corrected chi connectivity index (χ3v) is 4.25. The maximum atomic E-state index is 11.9. The summed E-state index contributed by atoms with van der Waals surface area (Å²) in [5.74, 6) is 0.448. The molecule has 0 fully saturated rings. The molecule has 0 aromatic heterocycles. The molecule has 1 rings (SSSR count). The van der Waals surface area contributed by atoms with Crippen molar-refractivity contribution in [3.63, 3.8) is 0 Å². The minimum absolute atomic E-state index is 0.160. The minimum atomic E-state index is -0.160. The van der Waals surface area contributed by atoms with E-state index in [9.17, 15) is 4.79 Å². The molecule has 0 aliphatic heterocycles. The molecule has 2 nitrogen and oxygen atoms in total. The molecule has 122 valence electrons. The SMILES string of the molecule is C=Cc1c(C)c(CC(C)C)c(CC)c(C)c1CC(=O)OCC. The average Bonchev–Trinajstić information content (AvgIpc) is 2.45. The summed E-state index contributed by atoms with van der Waals surface area (Å²) in [5.41, 5.74) is 7.50. The number of hydrogen-bond acceptors (Lipinski definition) is 2. The normalized spacial score (nSPS) is 10.9. The Hall–Kier alpha value is -1.57. The minimum Gasteiger partial charge on any atom is -0.466 e. The van der Waals surface area contributed by atoms with Crippen LogP contribution < -0.4 is 0 Å². The van der Waals surface area contributed by atoms with Crippen molar-refractivity contribution in [1.82, 2.24) is 0 Å². The Labute approximate surface area is 135 Å². The van der Waals surface area contributed by atoms with Crippen molar-refractivity contribution in [2.24, 2.45) is 5.92 Å². The summed E-state index contributed by atoms with van der Waals surface area (Å²) in [6.07, 6.45) is 4.27. The fourth-order valence-corrected chi connectivity index (χ4v) is 3.25. The second kappa shape index (κ2) is 8.17. The number of carbonyl (C=O) groups is 1. The van der Waals surface area contributed by atoms with Crippen LogP contribution in [0.25, 0.3) is 6.08 Å². The first-order chi connectivity index (χ1) is 10.4. The lowest BCUT2D eigenvalue weighted by atomic mass is 9.82. The molecule has 0 aliphatic carbocycles. The fourth-order valence-electron chi connectivity index (χ4n) is 3.25. The van der Waals surface area contributed by atoms with Gasteiger partial charge in [0.15, 0.2) is 0 Å². The van der Waals surface area contributed by atoms with Gasteiger partial charge in [-0.1, -0.05) is 33.4 Å². The third-order valence-electron chi connectivity index (χ3n) is 4.25. The maximum Gasteiger partial charge on any atom is 0.310 e. The number of ether oxygens (including phenoxy) is 1. The van der Waals surface area contributed by atoms with Gasteiger partial charge >= 0.3 is 5.97 Å². The molecule has 0 N–H and O–H groups in total. The molecule has 0 spiro atoms. The Bertz CT molecular complexity index is 554. The first kappa shape index (κ1) is 18.5. The molecule has 0 amide bonds. The van der Waals surface area contributed by atoms with Crippen LogP contribution in [0.2, 0.25) is 0 Å². The first-order valence-corrected chi connectivity index (χ1v) is 8.29. The van der Waals surface area contributed by atoms with E-state index in [1.165, 1.54) is 22.3 Å². The van der Waals surface area contributed by atoms with Crippen LogP contribution in [0.1, 0.15) is 61.1 Å². The van der Waals surface area contributed by atoms with Crippen LogP contribution in [0.5, 0.6) is 0 Å². The predicted molar refractivity (Wildman–Crippen MR) is 94.3 cm³/mol. The Morgan fingerprint density at radius 2 is 1.77 bits per heavy atom. The van der Waals surface area contributed by atoms with E-state index in [0.29, 0.717) is 18.9 Å². The van der Waals surface area contributed by atoms with Gasteiger partial charge in [-0.3, -0.25) is 4.79 Å². The van der Waals surface area contributed by atoms with E-state index >= 15 is 0 Å². The highest BCUT2D eigenvalue weighted by Crippen LogP contribution is 2.31. The van der Waals surface area contributed by atoms with Crippen molar-refractivity contribution >= 4 is 12.0 Å². The number of esters is 1. The number of carbonyl (C=O) groups excluding carboxylic acids is 1. The molecule has 1 aromatic rings. The molecule has 0 heterocycles. The van der Waals surface area contributed by atoms with E-state index in [2.05, 4.69) is 41.2 Å². The van der Waals surface area contributed by atoms with Gasteiger partial charge in [0.05, 0.1) is 13.0 Å². The van der Waals surface area contributed by atoms with Crippen LogP contribution >= 0.6 is 0 Å². The van der Waals surface area contributed by atoms with Gasteiger partial charge in [0, 0.05) is 0 Å². The molecule has 1 aromatic carbocycles. The van der Waals surface area contributed by atoms with Crippen molar-refractivity contribution in [3.05, 3.63) is 40.0 Å². The maximum absolute atomic E-state index is 11.9. The van der Waals surface area contributed by atoms with Gasteiger partial charge in [-0.05, 0) is 72.9 Å². The standard InChI is InChI=1S/C20H30O2/c1-8-16-15(7)19(12-20(21)22-10-3)17(9-2)14(6)18(16)11-13(4)5/h9,13H,2,8,10-12H2,1,3-7H3. The highest BCUT2D eigenvalue weighted by atomic mass is 16.5. The van der Waals surface area contributed by atoms with Crippen molar-refractivity contribution in [1.29, 1.82) is 0 Å². The van der Waals surface area contributed by atoms with Crippen LogP contribution in [-0.2, 0) is 28.8 Å². The van der Waals surface area contributed by atoms with E-state index in [1.807, 2.05) is 13.0 Å². The summed E-state index contributed by atoms with van der Waals surface area (Å²) in [6, 6.07) is 0. The molecule has 0 atom stereocenters. The first-order valence-electron chi connectivity index (χ1n) is 8.29. The molecular weight excluding hydrogens is 272 g/mol. The zero-order valence-electron chi connectivity index (χ0n) is 15.0. The third kappa shape index (κ3) is 4.00. The van der Waals surface area contributed by atoms with Gasteiger partial charge in [0.2, 0.25) is 0 Å². The summed E-state index contributed by atoms with van der Waals surface area (Å²) < 4.78 is 5.14. The van der Waals surface area contributed by atoms with Crippen molar-refractivity contribution in [3.8, 4) is 0 Å². The molecule has 0 bridgehead atoms. The summed E-state index contributed by atoms with van der Waals surface area (Å²) in [6.45, 7) is 17.2. The van der Waals surface area contributed by atoms with E-state index in [-0.39, 0.29) is 5.97 Å². The van der Waals surface area contributed by atoms with E-state index < -0.39 is 0 Å². The molecule has 0 aliphatic rings. The van der Waals surface area contributed by atoms with Crippen LogP contribution in [0.3, 0.4) is 0 Å². The van der Waals surface area contributed by atoms with Gasteiger partial charge in [0.1, 0.15) is 0 Å². The summed E-state index contributed by atoms with van der Waals surface area (Å²) in [7, 11) is 0. The van der Waals surface area contributed by atoms with E-state index in [1.54, 1.807) is 0 Å². The van der Waals surface area contributed by atoms with Gasteiger partial charge in [-0.15, -0.1) is 0 Å². The average molecular weight is 302 g/mol. The largest absolute Gasteiger partial charge is 0.466 e. The molecule has 22 heavy (non-hydrogen) atoms. The zero-order chi connectivity index (χ0) is 16.9. The lowest BCUT2D eigenvalue weighted by Gasteiger charge is -2.23. The molecule has 0 saturated carbocycles. The van der Waals surface area contributed by atoms with Gasteiger partial charge < -0.3 is 4.74 Å². The predicted octanol–water partition coefficient (Wildman–Crippen LogP) is 4.81. The smallest absolute Gasteiger partial charge is 0.310 e. The van der Waals surface area contributed by atoms with Crippen molar-refractivity contribution < 1.29 is 9.53 Å². The number of rotatable bonds is 7. The Morgan fingerprint density at radius 1 is 1.14 bits per heavy atom. The van der Waals surface area contributed by atoms with Crippen molar-refractivity contribution in [2.75, 3.05) is 6.61 Å². The van der Waals surface area contributed by atoms with E-state index in [0.717, 1.165) is 24.0 Å². The Kier molecular flexibility index (Phi) is 6.86. The van der Waals surface area contributed by atoms with E-state index in [4.69, 9.17) is 4.74 Å². The molecule has 0 radical (unpaired) electrons.